The second-order valence-electron chi connectivity index (χ2n) is 1.87. The maximum atomic E-state index is 10.8. The molecule has 0 bridgehead atoms. The molecule has 0 aromatic carbocycles. The largest absolute Gasteiger partial charge is 0.278 e. The molecule has 0 spiro atoms. The zero-order valence-electron chi connectivity index (χ0n) is 5.45. The molecule has 0 amide bonds. The third kappa shape index (κ3) is 2.06. The van der Waals surface area contributed by atoms with Crippen molar-refractivity contribution < 1.29 is 8.42 Å². The van der Waals surface area contributed by atoms with Crippen LogP contribution in [0.1, 0.15) is 0 Å². The molecule has 11 heavy (non-hydrogen) atoms. The van der Waals surface area contributed by atoms with Crippen molar-refractivity contribution in [3.63, 3.8) is 0 Å². The lowest BCUT2D eigenvalue weighted by molar-refractivity contribution is 0.590. The molecule has 0 saturated carbocycles. The molecular formula is C4H4ClIN2O2S. The normalized spacial score (nSPS) is 11.9. The molecule has 0 N–H and O–H groups in total. The molecule has 62 valence electrons. The van der Waals surface area contributed by atoms with Crippen molar-refractivity contribution in [3.8, 4) is 0 Å². The van der Waals surface area contributed by atoms with Crippen LogP contribution >= 0.6 is 33.3 Å². The van der Waals surface area contributed by atoms with E-state index in [4.69, 9.17) is 10.7 Å². The Morgan fingerprint density at radius 1 is 1.73 bits per heavy atom. The van der Waals surface area contributed by atoms with E-state index in [9.17, 15) is 8.42 Å². The van der Waals surface area contributed by atoms with Gasteiger partial charge in [0.1, 0.15) is 3.70 Å². The molecule has 0 fully saturated rings. The van der Waals surface area contributed by atoms with Crippen LogP contribution in [0.2, 0.25) is 0 Å². The smallest absolute Gasteiger partial charge is 0.255 e. The van der Waals surface area contributed by atoms with Crippen molar-refractivity contribution in [1.82, 2.24) is 9.78 Å². The molecule has 0 aliphatic rings. The number of aryl methyl sites for hydroxylation is 1. The van der Waals surface area contributed by atoms with Crippen molar-refractivity contribution in [2.45, 2.75) is 5.03 Å². The molecular weight excluding hydrogens is 302 g/mol. The third-order valence-electron chi connectivity index (χ3n) is 1.06. The number of rotatable bonds is 1. The lowest BCUT2D eigenvalue weighted by atomic mass is 10.7. The number of halogens is 2. The standard InChI is InChI=1S/C4H4ClIN2O2S/c1-8-4(11(5,9)10)2-3(6)7-8/h2H,1H3. The Morgan fingerprint density at radius 3 is 2.45 bits per heavy atom. The van der Waals surface area contributed by atoms with Gasteiger partial charge in [-0.3, -0.25) is 4.68 Å². The van der Waals surface area contributed by atoms with Crippen molar-refractivity contribution in [2.75, 3.05) is 0 Å². The highest BCUT2D eigenvalue weighted by Crippen LogP contribution is 2.15. The van der Waals surface area contributed by atoms with Gasteiger partial charge in [-0.2, -0.15) is 5.10 Å². The van der Waals surface area contributed by atoms with Crippen LogP contribution < -0.4 is 0 Å². The summed E-state index contributed by atoms with van der Waals surface area (Å²) in [6, 6.07) is 1.41. The van der Waals surface area contributed by atoms with Crippen LogP contribution in [0, 0.1) is 3.70 Å². The van der Waals surface area contributed by atoms with Gasteiger partial charge in [-0.1, -0.05) is 0 Å². The van der Waals surface area contributed by atoms with Crippen LogP contribution in [0.5, 0.6) is 0 Å². The first kappa shape index (κ1) is 9.27. The van der Waals surface area contributed by atoms with Crippen LogP contribution in [0.25, 0.3) is 0 Å². The fourth-order valence-electron chi connectivity index (χ4n) is 0.645. The Hall–Kier alpha value is 0.180. The lowest BCUT2D eigenvalue weighted by Crippen LogP contribution is -2.00. The minimum atomic E-state index is -3.64. The van der Waals surface area contributed by atoms with Gasteiger partial charge in [0, 0.05) is 23.8 Å². The van der Waals surface area contributed by atoms with Gasteiger partial charge >= 0.3 is 0 Å². The molecule has 7 heteroatoms. The van der Waals surface area contributed by atoms with Crippen LogP contribution in [0.4, 0.5) is 0 Å². The van der Waals surface area contributed by atoms with Crippen molar-refractivity contribution in [2.24, 2.45) is 7.05 Å². The monoisotopic (exact) mass is 306 g/mol. The quantitative estimate of drug-likeness (QED) is 0.573. The Kier molecular flexibility index (Phi) is 2.45. The third-order valence-corrected chi connectivity index (χ3v) is 2.94. The van der Waals surface area contributed by atoms with E-state index in [1.807, 2.05) is 22.6 Å². The summed E-state index contributed by atoms with van der Waals surface area (Å²) in [7, 11) is 2.97. The van der Waals surface area contributed by atoms with E-state index in [2.05, 4.69) is 5.10 Å². The highest BCUT2D eigenvalue weighted by Gasteiger charge is 2.15. The minimum Gasteiger partial charge on any atom is -0.255 e. The Balaban J connectivity index is 3.36. The van der Waals surface area contributed by atoms with E-state index >= 15 is 0 Å². The molecule has 1 aromatic rings. The number of hydrogen-bond acceptors (Lipinski definition) is 3. The summed E-state index contributed by atoms with van der Waals surface area (Å²) in [5.41, 5.74) is 0. The molecule has 0 aliphatic heterocycles. The molecule has 0 radical (unpaired) electrons. The van der Waals surface area contributed by atoms with Gasteiger partial charge in [0.25, 0.3) is 9.05 Å². The zero-order valence-corrected chi connectivity index (χ0v) is 9.18. The summed E-state index contributed by atoms with van der Waals surface area (Å²) >= 11 is 1.91. The summed E-state index contributed by atoms with van der Waals surface area (Å²) < 4.78 is 23.4. The van der Waals surface area contributed by atoms with Crippen LogP contribution in [-0.2, 0) is 16.1 Å². The topological polar surface area (TPSA) is 52.0 Å². The first-order chi connectivity index (χ1) is 4.91. The zero-order chi connectivity index (χ0) is 8.65. The molecule has 0 saturated heterocycles. The highest BCUT2D eigenvalue weighted by molar-refractivity contribution is 14.1. The molecule has 0 aliphatic carbocycles. The number of aromatic nitrogens is 2. The lowest BCUT2D eigenvalue weighted by Gasteiger charge is -1.93. The summed E-state index contributed by atoms with van der Waals surface area (Å²) in [5.74, 6) is 0. The van der Waals surface area contributed by atoms with Gasteiger partial charge in [0.05, 0.1) is 0 Å². The fourth-order valence-corrected chi connectivity index (χ4v) is 2.52. The maximum absolute atomic E-state index is 10.8. The van der Waals surface area contributed by atoms with E-state index in [1.54, 1.807) is 0 Å². The average molecular weight is 307 g/mol. The summed E-state index contributed by atoms with van der Waals surface area (Å²) in [6.45, 7) is 0. The van der Waals surface area contributed by atoms with Gasteiger partial charge in [-0.05, 0) is 22.6 Å². The predicted molar refractivity (Wildman–Crippen MR) is 49.0 cm³/mol. The Bertz CT molecular complexity index is 371. The summed E-state index contributed by atoms with van der Waals surface area (Å²) in [4.78, 5) is 0. The average Bonchev–Trinajstić information content (AvgIpc) is 2.08. The second kappa shape index (κ2) is 2.91. The predicted octanol–water partition coefficient (Wildman–Crippen LogP) is 0.952. The minimum absolute atomic E-state index is 0.0172. The summed E-state index contributed by atoms with van der Waals surface area (Å²) in [5, 5.41) is 3.83. The molecule has 0 atom stereocenters. The van der Waals surface area contributed by atoms with Gasteiger partial charge < -0.3 is 0 Å². The van der Waals surface area contributed by atoms with Gasteiger partial charge in [0.15, 0.2) is 5.03 Å². The van der Waals surface area contributed by atoms with E-state index in [-0.39, 0.29) is 5.03 Å². The van der Waals surface area contributed by atoms with Crippen molar-refractivity contribution >= 4 is 42.3 Å². The van der Waals surface area contributed by atoms with E-state index in [1.165, 1.54) is 17.8 Å². The Labute approximate surface area is 82.1 Å². The molecule has 4 nitrogen and oxygen atoms in total. The van der Waals surface area contributed by atoms with Gasteiger partial charge in [-0.25, -0.2) is 8.42 Å². The molecule has 1 rings (SSSR count). The Morgan fingerprint density at radius 2 is 2.27 bits per heavy atom. The highest BCUT2D eigenvalue weighted by atomic mass is 127. The molecule has 1 aromatic heterocycles. The van der Waals surface area contributed by atoms with Crippen molar-refractivity contribution in [1.29, 1.82) is 0 Å². The molecule has 0 unspecified atom stereocenters. The first-order valence-corrected chi connectivity index (χ1v) is 5.94. The molecule has 1 heterocycles. The maximum Gasteiger partial charge on any atom is 0.278 e. The van der Waals surface area contributed by atoms with Gasteiger partial charge in [-0.15, -0.1) is 0 Å². The van der Waals surface area contributed by atoms with E-state index in [0.29, 0.717) is 3.70 Å². The number of hydrogen-bond donors (Lipinski definition) is 0. The summed E-state index contributed by atoms with van der Waals surface area (Å²) in [6.07, 6.45) is 0. The number of nitrogens with zero attached hydrogens (tertiary/aromatic N) is 2. The van der Waals surface area contributed by atoms with Crippen LogP contribution in [0.15, 0.2) is 11.1 Å². The van der Waals surface area contributed by atoms with Crippen LogP contribution in [0.3, 0.4) is 0 Å². The van der Waals surface area contributed by atoms with Crippen LogP contribution in [-0.4, -0.2) is 18.2 Å². The SMILES string of the molecule is Cn1nc(I)cc1S(=O)(=O)Cl. The van der Waals surface area contributed by atoms with Gasteiger partial charge in [0.2, 0.25) is 0 Å². The second-order valence-corrected chi connectivity index (χ2v) is 5.48. The van der Waals surface area contributed by atoms with E-state index < -0.39 is 9.05 Å². The van der Waals surface area contributed by atoms with E-state index in [0.717, 1.165) is 0 Å². The van der Waals surface area contributed by atoms with Crippen molar-refractivity contribution in [3.05, 3.63) is 9.77 Å². The fraction of sp³-hybridized carbons (Fsp3) is 0.250. The first-order valence-electron chi connectivity index (χ1n) is 2.55.